The Morgan fingerprint density at radius 2 is 2.18 bits per heavy atom. The topological polar surface area (TPSA) is 88.2 Å². The Balaban J connectivity index is 2.96. The summed E-state index contributed by atoms with van der Waals surface area (Å²) >= 11 is 0. The number of carboxylic acid groups (broad SMARTS) is 1. The first-order chi connectivity index (χ1) is 7.97. The zero-order chi connectivity index (χ0) is 13.0. The minimum Gasteiger partial charge on any atom is -0.476 e. The van der Waals surface area contributed by atoms with Crippen molar-refractivity contribution in [2.75, 3.05) is 6.61 Å². The van der Waals surface area contributed by atoms with E-state index < -0.39 is 23.8 Å². The van der Waals surface area contributed by atoms with Crippen LogP contribution in [0.3, 0.4) is 0 Å². The molecule has 1 aromatic rings. The molecule has 0 bridgehead atoms. The number of alkyl halides is 2. The lowest BCUT2D eigenvalue weighted by Gasteiger charge is -2.11. The number of halogens is 2. The van der Waals surface area contributed by atoms with E-state index in [2.05, 4.69) is 10.3 Å². The minimum atomic E-state index is -2.95. The van der Waals surface area contributed by atoms with E-state index in [0.717, 1.165) is 4.68 Å². The van der Waals surface area contributed by atoms with Crippen LogP contribution in [0, 0.1) is 5.92 Å². The van der Waals surface area contributed by atoms with Crippen molar-refractivity contribution in [3.63, 3.8) is 0 Å². The maximum absolute atomic E-state index is 12.7. The summed E-state index contributed by atoms with van der Waals surface area (Å²) in [4.78, 5) is 10.7. The molecule has 8 heteroatoms. The van der Waals surface area contributed by atoms with E-state index in [9.17, 15) is 13.6 Å². The van der Waals surface area contributed by atoms with E-state index in [-0.39, 0.29) is 19.1 Å². The maximum atomic E-state index is 12.7. The Hall–Kier alpha value is -1.57. The molecule has 0 spiro atoms. The number of nitrogens with zero attached hydrogens (tertiary/aromatic N) is 3. The summed E-state index contributed by atoms with van der Waals surface area (Å²) in [5.41, 5.74) is -1.42. The van der Waals surface area contributed by atoms with Gasteiger partial charge in [-0.15, -0.1) is 5.10 Å². The van der Waals surface area contributed by atoms with Gasteiger partial charge in [0.05, 0.1) is 0 Å². The van der Waals surface area contributed by atoms with Crippen molar-refractivity contribution >= 4 is 5.97 Å². The van der Waals surface area contributed by atoms with Gasteiger partial charge in [-0.3, -0.25) is 0 Å². The molecule has 0 radical (unpaired) electrons. The van der Waals surface area contributed by atoms with Gasteiger partial charge in [-0.2, -0.15) is 0 Å². The van der Waals surface area contributed by atoms with Crippen LogP contribution in [0.1, 0.15) is 36.0 Å². The molecule has 0 aliphatic heterocycles. The van der Waals surface area contributed by atoms with Crippen LogP contribution in [0.4, 0.5) is 8.78 Å². The van der Waals surface area contributed by atoms with Gasteiger partial charge in [-0.25, -0.2) is 18.3 Å². The fraction of sp³-hybridized carbons (Fsp3) is 0.667. The number of carboxylic acids is 1. The Morgan fingerprint density at radius 3 is 2.65 bits per heavy atom. The Morgan fingerprint density at radius 1 is 1.53 bits per heavy atom. The fourth-order valence-electron chi connectivity index (χ4n) is 1.43. The van der Waals surface area contributed by atoms with E-state index in [1.807, 2.05) is 0 Å². The van der Waals surface area contributed by atoms with E-state index >= 15 is 0 Å². The summed E-state index contributed by atoms with van der Waals surface area (Å²) in [7, 11) is 0. The van der Waals surface area contributed by atoms with Gasteiger partial charge in [-0.05, 0) is 12.3 Å². The lowest BCUT2D eigenvalue weighted by Crippen LogP contribution is -2.14. The largest absolute Gasteiger partial charge is 0.476 e. The molecule has 17 heavy (non-hydrogen) atoms. The molecule has 96 valence electrons. The summed E-state index contributed by atoms with van der Waals surface area (Å²) in [5, 5.41) is 24.0. The van der Waals surface area contributed by atoms with Crippen LogP contribution >= 0.6 is 0 Å². The van der Waals surface area contributed by atoms with Crippen molar-refractivity contribution in [3.8, 4) is 0 Å². The fourth-order valence-corrected chi connectivity index (χ4v) is 1.43. The molecule has 6 nitrogen and oxygen atoms in total. The standard InChI is InChI=1S/C9H13F2N3O3/c1-5(2-3-15)4-14-7(8(10)11)6(9(16)17)12-13-14/h5,8,15H,2-4H2,1H3,(H,16,17). The first-order valence-electron chi connectivity index (χ1n) is 5.03. The number of hydrogen-bond acceptors (Lipinski definition) is 4. The summed E-state index contributed by atoms with van der Waals surface area (Å²) in [6.07, 6.45) is -2.53. The first-order valence-corrected chi connectivity index (χ1v) is 5.03. The maximum Gasteiger partial charge on any atom is 0.358 e. The lowest BCUT2D eigenvalue weighted by molar-refractivity contribution is 0.0675. The second-order valence-corrected chi connectivity index (χ2v) is 3.73. The quantitative estimate of drug-likeness (QED) is 0.783. The third-order valence-electron chi connectivity index (χ3n) is 2.29. The average molecular weight is 249 g/mol. The van der Waals surface area contributed by atoms with Crippen molar-refractivity contribution < 1.29 is 23.8 Å². The lowest BCUT2D eigenvalue weighted by atomic mass is 10.1. The monoisotopic (exact) mass is 249 g/mol. The smallest absolute Gasteiger partial charge is 0.358 e. The molecule has 0 fully saturated rings. The Bertz CT molecular complexity index is 395. The van der Waals surface area contributed by atoms with Crippen LogP contribution < -0.4 is 0 Å². The summed E-state index contributed by atoms with van der Waals surface area (Å²) < 4.78 is 26.3. The molecule has 1 heterocycles. The highest BCUT2D eigenvalue weighted by Crippen LogP contribution is 2.22. The first kappa shape index (κ1) is 13.5. The van der Waals surface area contributed by atoms with Gasteiger partial charge in [0.2, 0.25) is 0 Å². The van der Waals surface area contributed by atoms with Crippen molar-refractivity contribution in [1.29, 1.82) is 0 Å². The van der Waals surface area contributed by atoms with Gasteiger partial charge in [0.1, 0.15) is 5.69 Å². The molecule has 1 unspecified atom stereocenters. The van der Waals surface area contributed by atoms with Crippen molar-refractivity contribution in [2.24, 2.45) is 5.92 Å². The molecular formula is C9H13F2N3O3. The van der Waals surface area contributed by atoms with Gasteiger partial charge in [0.25, 0.3) is 6.43 Å². The van der Waals surface area contributed by atoms with E-state index in [0.29, 0.717) is 6.42 Å². The molecule has 0 amide bonds. The van der Waals surface area contributed by atoms with E-state index in [4.69, 9.17) is 10.2 Å². The molecule has 0 aromatic carbocycles. The normalized spacial score (nSPS) is 13.0. The van der Waals surface area contributed by atoms with Gasteiger partial charge in [0, 0.05) is 13.2 Å². The average Bonchev–Trinajstić information content (AvgIpc) is 2.61. The van der Waals surface area contributed by atoms with Crippen molar-refractivity contribution in [1.82, 2.24) is 15.0 Å². The molecule has 0 saturated heterocycles. The third kappa shape index (κ3) is 3.19. The molecule has 0 saturated carbocycles. The predicted octanol–water partition coefficient (Wildman–Crippen LogP) is 0.932. The van der Waals surface area contributed by atoms with Crippen LogP contribution in [0.25, 0.3) is 0 Å². The highest BCUT2D eigenvalue weighted by atomic mass is 19.3. The highest BCUT2D eigenvalue weighted by Gasteiger charge is 2.26. The van der Waals surface area contributed by atoms with E-state index in [1.54, 1.807) is 6.92 Å². The number of aliphatic hydroxyl groups excluding tert-OH is 1. The van der Waals surface area contributed by atoms with E-state index in [1.165, 1.54) is 0 Å². The molecule has 2 N–H and O–H groups in total. The number of aromatic carboxylic acids is 1. The molecule has 1 atom stereocenters. The number of hydrogen-bond donors (Lipinski definition) is 2. The second-order valence-electron chi connectivity index (χ2n) is 3.73. The van der Waals surface area contributed by atoms with Gasteiger partial charge in [-0.1, -0.05) is 12.1 Å². The van der Waals surface area contributed by atoms with Gasteiger partial charge >= 0.3 is 5.97 Å². The summed E-state index contributed by atoms with van der Waals surface area (Å²) in [6, 6.07) is 0. The van der Waals surface area contributed by atoms with Crippen LogP contribution in [-0.2, 0) is 6.54 Å². The Kier molecular flexibility index (Phi) is 4.50. The number of rotatable bonds is 6. The van der Waals surface area contributed by atoms with Crippen LogP contribution in [0.5, 0.6) is 0 Å². The third-order valence-corrected chi connectivity index (χ3v) is 2.29. The molecular weight excluding hydrogens is 236 g/mol. The molecule has 1 rings (SSSR count). The summed E-state index contributed by atoms with van der Waals surface area (Å²) in [5.74, 6) is -1.62. The zero-order valence-corrected chi connectivity index (χ0v) is 9.18. The van der Waals surface area contributed by atoms with Gasteiger partial charge in [0.15, 0.2) is 5.69 Å². The van der Waals surface area contributed by atoms with Crippen molar-refractivity contribution in [2.45, 2.75) is 26.3 Å². The van der Waals surface area contributed by atoms with Crippen LogP contribution in [0.15, 0.2) is 0 Å². The minimum absolute atomic E-state index is 0.0638. The zero-order valence-electron chi connectivity index (χ0n) is 9.18. The van der Waals surface area contributed by atoms with Crippen LogP contribution in [-0.4, -0.2) is 37.8 Å². The SMILES string of the molecule is CC(CCO)Cn1nnc(C(=O)O)c1C(F)F. The number of aliphatic hydroxyl groups is 1. The Labute approximate surface area is 95.9 Å². The number of carbonyl (C=O) groups is 1. The number of aromatic nitrogens is 3. The highest BCUT2D eigenvalue weighted by molar-refractivity contribution is 5.86. The predicted molar refractivity (Wildman–Crippen MR) is 52.8 cm³/mol. The molecule has 0 aliphatic rings. The van der Waals surface area contributed by atoms with Crippen LogP contribution in [0.2, 0.25) is 0 Å². The molecule has 0 aliphatic carbocycles. The summed E-state index contributed by atoms with van der Waals surface area (Å²) in [6.45, 7) is 1.78. The molecule has 1 aromatic heterocycles. The van der Waals surface area contributed by atoms with Gasteiger partial charge < -0.3 is 10.2 Å². The second kappa shape index (κ2) is 5.67. The van der Waals surface area contributed by atoms with Crippen molar-refractivity contribution in [3.05, 3.63) is 11.4 Å².